The van der Waals surface area contributed by atoms with E-state index in [1.54, 1.807) is 0 Å². The van der Waals surface area contributed by atoms with E-state index >= 15 is 0 Å². The topological polar surface area (TPSA) is 77.8 Å². The number of aliphatic hydroxyl groups is 1. The number of likely N-dealkylation sites (tertiary alicyclic amines) is 1. The van der Waals surface area contributed by atoms with Crippen LogP contribution in [-0.2, 0) is 4.79 Å². The summed E-state index contributed by atoms with van der Waals surface area (Å²) in [6.07, 6.45) is -0.832. The Balaban J connectivity index is 2.30. The quantitative estimate of drug-likeness (QED) is 0.755. The van der Waals surface area contributed by atoms with Crippen LogP contribution in [0.1, 0.15) is 16.8 Å². The van der Waals surface area contributed by atoms with Crippen LogP contribution in [0.15, 0.2) is 18.2 Å². The number of β-amino-alcohol motifs (C(OH)–C–C–N with tert-alkyl or cyclic N) is 1. The zero-order valence-electron chi connectivity index (χ0n) is 9.72. The Hall–Kier alpha value is -1.22. The highest BCUT2D eigenvalue weighted by atomic mass is 127. The van der Waals surface area contributed by atoms with Gasteiger partial charge in [0.1, 0.15) is 11.9 Å². The predicted octanol–water partition coefficient (Wildman–Crippen LogP) is 1.09. The number of hydrogen-bond donors (Lipinski definition) is 2. The molecule has 1 aromatic carbocycles. The smallest absolute Gasteiger partial charge is 0.326 e. The van der Waals surface area contributed by atoms with Crippen LogP contribution in [0.4, 0.5) is 4.39 Å². The molecule has 5 nitrogen and oxygen atoms in total. The molecule has 2 atom stereocenters. The first-order chi connectivity index (χ1) is 8.90. The molecule has 0 radical (unpaired) electrons. The predicted molar refractivity (Wildman–Crippen MR) is 72.2 cm³/mol. The van der Waals surface area contributed by atoms with Crippen molar-refractivity contribution < 1.29 is 24.2 Å². The van der Waals surface area contributed by atoms with Gasteiger partial charge in [0.2, 0.25) is 0 Å². The summed E-state index contributed by atoms with van der Waals surface area (Å²) < 4.78 is 13.4. The van der Waals surface area contributed by atoms with Crippen molar-refractivity contribution in [2.75, 3.05) is 6.54 Å². The number of aliphatic hydroxyl groups excluding tert-OH is 1. The first kappa shape index (κ1) is 14.2. The molecule has 0 aliphatic carbocycles. The molecule has 1 aromatic rings. The molecule has 2 N–H and O–H groups in total. The zero-order chi connectivity index (χ0) is 14.2. The van der Waals surface area contributed by atoms with Gasteiger partial charge in [0.15, 0.2) is 0 Å². The van der Waals surface area contributed by atoms with Crippen molar-refractivity contribution in [2.24, 2.45) is 0 Å². The second kappa shape index (κ2) is 5.41. The number of halogens is 2. The maximum absolute atomic E-state index is 13.0. The van der Waals surface area contributed by atoms with E-state index < -0.39 is 29.8 Å². The molecule has 1 heterocycles. The minimum atomic E-state index is -1.15. The fourth-order valence-electron chi connectivity index (χ4n) is 2.09. The Bertz CT molecular complexity index is 536. The third kappa shape index (κ3) is 2.86. The monoisotopic (exact) mass is 379 g/mol. The lowest BCUT2D eigenvalue weighted by Crippen LogP contribution is -2.40. The third-order valence-electron chi connectivity index (χ3n) is 2.99. The molecule has 1 amide bonds. The number of rotatable bonds is 2. The van der Waals surface area contributed by atoms with Crippen LogP contribution in [0.2, 0.25) is 0 Å². The summed E-state index contributed by atoms with van der Waals surface area (Å²) in [5.74, 6) is -2.12. The van der Waals surface area contributed by atoms with Crippen molar-refractivity contribution in [3.05, 3.63) is 33.1 Å². The summed E-state index contributed by atoms with van der Waals surface area (Å²) in [7, 11) is 0. The van der Waals surface area contributed by atoms with Crippen LogP contribution in [0.5, 0.6) is 0 Å². The Morgan fingerprint density at radius 1 is 1.42 bits per heavy atom. The van der Waals surface area contributed by atoms with E-state index in [1.807, 2.05) is 22.6 Å². The largest absolute Gasteiger partial charge is 0.480 e. The minimum absolute atomic E-state index is 0.0127. The van der Waals surface area contributed by atoms with E-state index in [0.717, 1.165) is 11.0 Å². The average molecular weight is 379 g/mol. The van der Waals surface area contributed by atoms with Crippen molar-refractivity contribution in [3.63, 3.8) is 0 Å². The lowest BCUT2D eigenvalue weighted by atomic mass is 10.1. The van der Waals surface area contributed by atoms with Gasteiger partial charge in [-0.05, 0) is 40.8 Å². The van der Waals surface area contributed by atoms with Crippen LogP contribution in [-0.4, -0.2) is 45.7 Å². The maximum Gasteiger partial charge on any atom is 0.326 e. The SMILES string of the molecule is O=C(O)C1CC(O)CN1C(=O)c1ccc(F)cc1I. The molecule has 0 aromatic heterocycles. The van der Waals surface area contributed by atoms with Gasteiger partial charge in [0.25, 0.3) is 5.91 Å². The van der Waals surface area contributed by atoms with Gasteiger partial charge >= 0.3 is 5.97 Å². The van der Waals surface area contributed by atoms with Crippen LogP contribution < -0.4 is 0 Å². The summed E-state index contributed by atoms with van der Waals surface area (Å²) in [6, 6.07) is 2.64. The molecule has 2 rings (SSSR count). The molecular formula is C12H11FINO4. The summed E-state index contributed by atoms with van der Waals surface area (Å²) in [5, 5.41) is 18.6. The molecule has 7 heteroatoms. The molecule has 1 aliphatic heterocycles. The van der Waals surface area contributed by atoms with Crippen molar-refractivity contribution in [2.45, 2.75) is 18.6 Å². The molecule has 2 unspecified atom stereocenters. The Morgan fingerprint density at radius 2 is 2.11 bits per heavy atom. The molecule has 1 fully saturated rings. The van der Waals surface area contributed by atoms with Crippen LogP contribution >= 0.6 is 22.6 Å². The van der Waals surface area contributed by atoms with Gasteiger partial charge in [-0.3, -0.25) is 4.79 Å². The Kier molecular flexibility index (Phi) is 4.04. The summed E-state index contributed by atoms with van der Waals surface area (Å²) in [5.41, 5.74) is 0.238. The number of carboxylic acids is 1. The van der Waals surface area contributed by atoms with Gasteiger partial charge in [0, 0.05) is 16.5 Å². The van der Waals surface area contributed by atoms with Gasteiger partial charge in [-0.15, -0.1) is 0 Å². The van der Waals surface area contributed by atoms with Gasteiger partial charge in [-0.25, -0.2) is 9.18 Å². The van der Waals surface area contributed by atoms with E-state index in [2.05, 4.69) is 0 Å². The van der Waals surface area contributed by atoms with Crippen molar-refractivity contribution >= 4 is 34.5 Å². The molecule has 1 saturated heterocycles. The molecule has 0 bridgehead atoms. The van der Waals surface area contributed by atoms with Gasteiger partial charge < -0.3 is 15.1 Å². The van der Waals surface area contributed by atoms with Crippen LogP contribution in [0.25, 0.3) is 0 Å². The molecule has 102 valence electrons. The third-order valence-corrected chi connectivity index (χ3v) is 3.88. The number of carbonyl (C=O) groups excluding carboxylic acids is 1. The number of carboxylic acid groups (broad SMARTS) is 1. The molecular weight excluding hydrogens is 368 g/mol. The Morgan fingerprint density at radius 3 is 2.68 bits per heavy atom. The summed E-state index contributed by atoms with van der Waals surface area (Å²) >= 11 is 1.82. The molecule has 0 saturated carbocycles. The Labute approximate surface area is 122 Å². The number of aliphatic carboxylic acids is 1. The maximum atomic E-state index is 13.0. The fourth-order valence-corrected chi connectivity index (χ4v) is 2.80. The van der Waals surface area contributed by atoms with Crippen molar-refractivity contribution in [1.29, 1.82) is 0 Å². The first-order valence-corrected chi connectivity index (χ1v) is 6.65. The van der Waals surface area contributed by atoms with E-state index in [-0.39, 0.29) is 18.5 Å². The van der Waals surface area contributed by atoms with E-state index in [0.29, 0.717) is 3.57 Å². The number of nitrogens with zero attached hydrogens (tertiary/aromatic N) is 1. The average Bonchev–Trinajstić information content (AvgIpc) is 2.70. The number of hydrogen-bond acceptors (Lipinski definition) is 3. The van der Waals surface area contributed by atoms with Gasteiger partial charge in [-0.1, -0.05) is 0 Å². The van der Waals surface area contributed by atoms with Crippen LogP contribution in [0, 0.1) is 9.39 Å². The van der Waals surface area contributed by atoms with Crippen molar-refractivity contribution in [3.8, 4) is 0 Å². The van der Waals surface area contributed by atoms with E-state index in [4.69, 9.17) is 5.11 Å². The summed E-state index contributed by atoms with van der Waals surface area (Å²) in [6.45, 7) is -0.0245. The molecule has 0 spiro atoms. The standard InChI is InChI=1S/C12H11FINO4/c13-6-1-2-8(9(14)3-6)11(17)15-5-7(16)4-10(15)12(18)19/h1-3,7,10,16H,4-5H2,(H,18,19). The van der Waals surface area contributed by atoms with E-state index in [9.17, 15) is 19.1 Å². The number of benzene rings is 1. The first-order valence-electron chi connectivity index (χ1n) is 5.57. The molecule has 19 heavy (non-hydrogen) atoms. The lowest BCUT2D eigenvalue weighted by Gasteiger charge is -2.21. The van der Waals surface area contributed by atoms with Crippen LogP contribution in [0.3, 0.4) is 0 Å². The van der Waals surface area contributed by atoms with Gasteiger partial charge in [0.05, 0.1) is 11.7 Å². The summed E-state index contributed by atoms with van der Waals surface area (Å²) in [4.78, 5) is 24.4. The normalized spacial score (nSPS) is 22.6. The van der Waals surface area contributed by atoms with E-state index in [1.165, 1.54) is 12.1 Å². The zero-order valence-corrected chi connectivity index (χ0v) is 11.9. The van der Waals surface area contributed by atoms with Gasteiger partial charge in [-0.2, -0.15) is 0 Å². The second-order valence-corrected chi connectivity index (χ2v) is 5.49. The highest BCUT2D eigenvalue weighted by Crippen LogP contribution is 2.23. The highest BCUT2D eigenvalue weighted by molar-refractivity contribution is 14.1. The molecule has 1 aliphatic rings. The lowest BCUT2D eigenvalue weighted by molar-refractivity contribution is -0.141. The number of carbonyl (C=O) groups is 2. The number of amides is 1. The highest BCUT2D eigenvalue weighted by Gasteiger charge is 2.39. The fraction of sp³-hybridized carbons (Fsp3) is 0.333. The van der Waals surface area contributed by atoms with Crippen molar-refractivity contribution in [1.82, 2.24) is 4.90 Å². The minimum Gasteiger partial charge on any atom is -0.480 e. The second-order valence-electron chi connectivity index (χ2n) is 4.33.